The van der Waals surface area contributed by atoms with Crippen LogP contribution in [0.5, 0.6) is 0 Å². The molecule has 0 aromatic carbocycles. The highest BCUT2D eigenvalue weighted by Gasteiger charge is 2.27. The highest BCUT2D eigenvalue weighted by molar-refractivity contribution is 5.77. The smallest absolute Gasteiger partial charge is 0.224 e. The van der Waals surface area contributed by atoms with Crippen molar-refractivity contribution in [3.8, 4) is 0 Å². The molecule has 1 atom stereocenters. The summed E-state index contributed by atoms with van der Waals surface area (Å²) in [7, 11) is 0. The van der Waals surface area contributed by atoms with E-state index in [9.17, 15) is 4.79 Å². The van der Waals surface area contributed by atoms with Gasteiger partial charge in [-0.15, -0.1) is 0 Å². The predicted octanol–water partition coefficient (Wildman–Crippen LogP) is 1.30. The number of piperazine rings is 1. The minimum Gasteiger partial charge on any atom is -0.340 e. The summed E-state index contributed by atoms with van der Waals surface area (Å²) in [5.41, 5.74) is 6.07. The Morgan fingerprint density at radius 2 is 1.67 bits per heavy atom. The molecule has 0 aromatic heterocycles. The molecular weight excluding hydrogens is 226 g/mol. The lowest BCUT2D eigenvalue weighted by atomic mass is 9.85. The Morgan fingerprint density at radius 1 is 1.17 bits per heavy atom. The van der Waals surface area contributed by atoms with E-state index in [0.29, 0.717) is 12.5 Å². The number of nitrogens with two attached hydrogens (primary N) is 1. The van der Waals surface area contributed by atoms with Crippen LogP contribution in [0.1, 0.15) is 41.0 Å². The Labute approximate surface area is 111 Å². The highest BCUT2D eigenvalue weighted by Crippen LogP contribution is 2.20. The first kappa shape index (κ1) is 15.4. The molecule has 1 unspecified atom stereocenters. The molecule has 1 amide bonds. The summed E-state index contributed by atoms with van der Waals surface area (Å²) in [6, 6.07) is 0.507. The molecule has 1 heterocycles. The largest absolute Gasteiger partial charge is 0.340 e. The van der Waals surface area contributed by atoms with Gasteiger partial charge < -0.3 is 10.6 Å². The van der Waals surface area contributed by atoms with Crippen LogP contribution in [0.3, 0.4) is 0 Å². The number of hydrogen-bond donors (Lipinski definition) is 1. The molecule has 1 aliphatic rings. The molecule has 4 nitrogen and oxygen atoms in total. The van der Waals surface area contributed by atoms with Gasteiger partial charge in [-0.1, -0.05) is 20.8 Å². The molecule has 1 aliphatic heterocycles. The van der Waals surface area contributed by atoms with Crippen molar-refractivity contribution in [1.82, 2.24) is 9.80 Å². The van der Waals surface area contributed by atoms with Gasteiger partial charge in [0, 0.05) is 44.7 Å². The molecule has 0 spiro atoms. The topological polar surface area (TPSA) is 49.6 Å². The average Bonchev–Trinajstić information content (AvgIpc) is 2.27. The van der Waals surface area contributed by atoms with Gasteiger partial charge in [-0.3, -0.25) is 9.69 Å². The van der Waals surface area contributed by atoms with Crippen molar-refractivity contribution in [3.05, 3.63) is 0 Å². The molecule has 1 fully saturated rings. The van der Waals surface area contributed by atoms with Crippen molar-refractivity contribution < 1.29 is 4.79 Å². The fraction of sp³-hybridized carbons (Fsp3) is 0.929. The molecule has 0 radical (unpaired) electrons. The first-order chi connectivity index (χ1) is 8.21. The van der Waals surface area contributed by atoms with Gasteiger partial charge in [0.15, 0.2) is 0 Å². The van der Waals surface area contributed by atoms with Crippen molar-refractivity contribution in [3.63, 3.8) is 0 Å². The summed E-state index contributed by atoms with van der Waals surface area (Å²) < 4.78 is 0. The summed E-state index contributed by atoms with van der Waals surface area (Å²) >= 11 is 0. The number of amides is 1. The Balaban J connectivity index is 2.41. The standard InChI is InChI=1S/C14H29N3O/c1-11(2)16-6-8-17(9-7-16)13(18)10-12(15)14(3,4)5/h11-12H,6-10,15H2,1-5H3. The zero-order chi connectivity index (χ0) is 13.9. The van der Waals surface area contributed by atoms with Crippen molar-refractivity contribution in [2.75, 3.05) is 26.2 Å². The van der Waals surface area contributed by atoms with Gasteiger partial charge >= 0.3 is 0 Å². The van der Waals surface area contributed by atoms with Crippen LogP contribution >= 0.6 is 0 Å². The maximum atomic E-state index is 12.2. The van der Waals surface area contributed by atoms with Gasteiger partial charge in [0.2, 0.25) is 5.91 Å². The molecule has 106 valence electrons. The van der Waals surface area contributed by atoms with E-state index in [2.05, 4.69) is 39.5 Å². The molecule has 1 saturated heterocycles. The zero-order valence-electron chi connectivity index (χ0n) is 12.6. The van der Waals surface area contributed by atoms with E-state index in [1.807, 2.05) is 4.90 Å². The Hall–Kier alpha value is -0.610. The molecule has 18 heavy (non-hydrogen) atoms. The monoisotopic (exact) mass is 255 g/mol. The van der Waals surface area contributed by atoms with Crippen LogP contribution in [0.4, 0.5) is 0 Å². The lowest BCUT2D eigenvalue weighted by Gasteiger charge is -2.38. The van der Waals surface area contributed by atoms with Gasteiger partial charge in [-0.2, -0.15) is 0 Å². The minimum atomic E-state index is -0.0619. The maximum absolute atomic E-state index is 12.2. The van der Waals surface area contributed by atoms with Crippen molar-refractivity contribution in [2.45, 2.75) is 53.1 Å². The third-order valence-corrected chi connectivity index (χ3v) is 3.90. The summed E-state index contributed by atoms with van der Waals surface area (Å²) in [5.74, 6) is 0.209. The fourth-order valence-electron chi connectivity index (χ4n) is 2.11. The molecule has 0 aromatic rings. The third kappa shape index (κ3) is 4.25. The normalized spacial score (nSPS) is 20.3. The second-order valence-corrected chi connectivity index (χ2v) is 6.69. The van der Waals surface area contributed by atoms with Gasteiger partial charge in [0.05, 0.1) is 0 Å². The maximum Gasteiger partial charge on any atom is 0.224 e. The third-order valence-electron chi connectivity index (χ3n) is 3.90. The molecule has 2 N–H and O–H groups in total. The summed E-state index contributed by atoms with van der Waals surface area (Å²) in [4.78, 5) is 16.5. The molecule has 0 bridgehead atoms. The molecule has 4 heteroatoms. The van der Waals surface area contributed by atoms with Crippen molar-refractivity contribution in [2.24, 2.45) is 11.1 Å². The average molecular weight is 255 g/mol. The number of hydrogen-bond acceptors (Lipinski definition) is 3. The Kier molecular flexibility index (Phi) is 5.17. The Morgan fingerprint density at radius 3 is 2.06 bits per heavy atom. The first-order valence-electron chi connectivity index (χ1n) is 6.99. The van der Waals surface area contributed by atoms with Crippen LogP contribution in [-0.2, 0) is 4.79 Å². The lowest BCUT2D eigenvalue weighted by molar-refractivity contribution is -0.134. The quantitative estimate of drug-likeness (QED) is 0.827. The number of nitrogens with zero attached hydrogens (tertiary/aromatic N) is 2. The molecule has 0 aliphatic carbocycles. The Bertz CT molecular complexity index is 275. The van der Waals surface area contributed by atoms with E-state index < -0.39 is 0 Å². The van der Waals surface area contributed by atoms with Crippen LogP contribution in [0, 0.1) is 5.41 Å². The van der Waals surface area contributed by atoms with Gasteiger partial charge in [0.1, 0.15) is 0 Å². The van der Waals surface area contributed by atoms with Crippen LogP contribution in [0.2, 0.25) is 0 Å². The van der Waals surface area contributed by atoms with Crippen LogP contribution in [-0.4, -0.2) is 54.0 Å². The first-order valence-corrected chi connectivity index (χ1v) is 6.99. The molecule has 0 saturated carbocycles. The summed E-state index contributed by atoms with van der Waals surface area (Å²) in [6.45, 7) is 14.3. The predicted molar refractivity (Wildman–Crippen MR) is 75.3 cm³/mol. The van der Waals surface area contributed by atoms with Crippen LogP contribution in [0.25, 0.3) is 0 Å². The van der Waals surface area contributed by atoms with Crippen molar-refractivity contribution in [1.29, 1.82) is 0 Å². The number of carbonyl (C=O) groups is 1. The van der Waals surface area contributed by atoms with Gasteiger partial charge in [0.25, 0.3) is 0 Å². The number of rotatable bonds is 3. The van der Waals surface area contributed by atoms with E-state index in [4.69, 9.17) is 5.73 Å². The van der Waals surface area contributed by atoms with E-state index in [0.717, 1.165) is 26.2 Å². The van der Waals surface area contributed by atoms with Crippen LogP contribution < -0.4 is 5.73 Å². The minimum absolute atomic E-state index is 0.00455. The van der Waals surface area contributed by atoms with E-state index >= 15 is 0 Å². The summed E-state index contributed by atoms with van der Waals surface area (Å²) in [5, 5.41) is 0. The highest BCUT2D eigenvalue weighted by atomic mass is 16.2. The van der Waals surface area contributed by atoms with Crippen LogP contribution in [0.15, 0.2) is 0 Å². The SMILES string of the molecule is CC(C)N1CCN(C(=O)CC(N)C(C)(C)C)CC1. The van der Waals surface area contributed by atoms with E-state index in [-0.39, 0.29) is 17.4 Å². The van der Waals surface area contributed by atoms with E-state index in [1.165, 1.54) is 0 Å². The fourth-order valence-corrected chi connectivity index (χ4v) is 2.11. The molecule has 1 rings (SSSR count). The van der Waals surface area contributed by atoms with Gasteiger partial charge in [-0.05, 0) is 19.3 Å². The van der Waals surface area contributed by atoms with Gasteiger partial charge in [-0.25, -0.2) is 0 Å². The summed E-state index contributed by atoms with van der Waals surface area (Å²) in [6.07, 6.45) is 0.463. The van der Waals surface area contributed by atoms with E-state index in [1.54, 1.807) is 0 Å². The second kappa shape index (κ2) is 6.02. The second-order valence-electron chi connectivity index (χ2n) is 6.69. The number of carbonyl (C=O) groups excluding carboxylic acids is 1. The lowest BCUT2D eigenvalue weighted by Crippen LogP contribution is -2.52. The zero-order valence-corrected chi connectivity index (χ0v) is 12.6. The molecular formula is C14H29N3O. The van der Waals surface area contributed by atoms with Crippen molar-refractivity contribution >= 4 is 5.91 Å².